The van der Waals surface area contributed by atoms with Gasteiger partial charge in [-0.05, 0) is 11.8 Å². The summed E-state index contributed by atoms with van der Waals surface area (Å²) >= 11 is 0. The van der Waals surface area contributed by atoms with Crippen LogP contribution in [0, 0.1) is 11.8 Å². The minimum Gasteiger partial charge on any atom is -0.480 e. The van der Waals surface area contributed by atoms with Gasteiger partial charge in [0.05, 0.1) is 6.54 Å². The SMILES string of the molecule is CC(C)CN(CC(=O)NCC(=O)O)CC(C)C. The normalized spacial score (nSPS) is 11.2. The van der Waals surface area contributed by atoms with Gasteiger partial charge in [0, 0.05) is 13.1 Å². The summed E-state index contributed by atoms with van der Waals surface area (Å²) in [4.78, 5) is 23.9. The predicted octanol–water partition coefficient (Wildman–Crippen LogP) is 0.801. The van der Waals surface area contributed by atoms with Crippen LogP contribution in [0.2, 0.25) is 0 Å². The van der Waals surface area contributed by atoms with E-state index >= 15 is 0 Å². The maximum Gasteiger partial charge on any atom is 0.322 e. The summed E-state index contributed by atoms with van der Waals surface area (Å²) in [5.41, 5.74) is 0. The molecule has 0 aromatic heterocycles. The number of hydrogen-bond acceptors (Lipinski definition) is 3. The van der Waals surface area contributed by atoms with Gasteiger partial charge in [0.15, 0.2) is 0 Å². The molecular weight excluding hydrogens is 220 g/mol. The molecule has 0 aromatic rings. The van der Waals surface area contributed by atoms with Crippen LogP contribution in [0.25, 0.3) is 0 Å². The fourth-order valence-corrected chi connectivity index (χ4v) is 1.67. The van der Waals surface area contributed by atoms with Crippen molar-refractivity contribution < 1.29 is 14.7 Å². The summed E-state index contributed by atoms with van der Waals surface area (Å²) in [6, 6.07) is 0. The molecule has 5 nitrogen and oxygen atoms in total. The Bertz CT molecular complexity index is 242. The number of carboxylic acids is 1. The molecule has 0 radical (unpaired) electrons. The maximum atomic E-state index is 11.5. The summed E-state index contributed by atoms with van der Waals surface area (Å²) in [6.45, 7) is 10.0. The lowest BCUT2D eigenvalue weighted by Crippen LogP contribution is -2.42. The Labute approximate surface area is 103 Å². The molecule has 1 amide bonds. The number of aliphatic carboxylic acids is 1. The quantitative estimate of drug-likeness (QED) is 0.662. The average molecular weight is 244 g/mol. The Balaban J connectivity index is 4.12. The van der Waals surface area contributed by atoms with Crippen molar-refractivity contribution in [3.05, 3.63) is 0 Å². The van der Waals surface area contributed by atoms with E-state index in [0.717, 1.165) is 13.1 Å². The van der Waals surface area contributed by atoms with Crippen LogP contribution in [0.1, 0.15) is 27.7 Å². The average Bonchev–Trinajstić information content (AvgIpc) is 2.12. The van der Waals surface area contributed by atoms with Crippen molar-refractivity contribution in [3.8, 4) is 0 Å². The summed E-state index contributed by atoms with van der Waals surface area (Å²) in [5.74, 6) is -0.270. The van der Waals surface area contributed by atoms with Crippen molar-refractivity contribution in [1.29, 1.82) is 0 Å². The van der Waals surface area contributed by atoms with E-state index in [4.69, 9.17) is 5.11 Å². The molecule has 5 heteroatoms. The first-order valence-electron chi connectivity index (χ1n) is 6.02. The van der Waals surface area contributed by atoms with Crippen LogP contribution in [0.3, 0.4) is 0 Å². The Morgan fingerprint density at radius 1 is 1.12 bits per heavy atom. The largest absolute Gasteiger partial charge is 0.480 e. The molecule has 0 aliphatic carbocycles. The molecule has 0 rings (SSSR count). The summed E-state index contributed by atoms with van der Waals surface area (Å²) in [6.07, 6.45) is 0. The second kappa shape index (κ2) is 8.06. The minimum absolute atomic E-state index is 0.228. The van der Waals surface area contributed by atoms with Crippen LogP contribution >= 0.6 is 0 Å². The van der Waals surface area contributed by atoms with Gasteiger partial charge in [-0.15, -0.1) is 0 Å². The van der Waals surface area contributed by atoms with Crippen molar-refractivity contribution in [2.45, 2.75) is 27.7 Å². The molecule has 0 aromatic carbocycles. The van der Waals surface area contributed by atoms with Crippen molar-refractivity contribution in [2.75, 3.05) is 26.2 Å². The van der Waals surface area contributed by atoms with Crippen molar-refractivity contribution in [2.24, 2.45) is 11.8 Å². The summed E-state index contributed by atoms with van der Waals surface area (Å²) in [5, 5.41) is 10.8. The van der Waals surface area contributed by atoms with E-state index in [2.05, 4.69) is 37.9 Å². The monoisotopic (exact) mass is 244 g/mol. The molecule has 0 bridgehead atoms. The van der Waals surface area contributed by atoms with Crippen molar-refractivity contribution >= 4 is 11.9 Å². The van der Waals surface area contributed by atoms with Crippen LogP contribution in [0.5, 0.6) is 0 Å². The molecule has 0 heterocycles. The number of hydrogen-bond donors (Lipinski definition) is 2. The fraction of sp³-hybridized carbons (Fsp3) is 0.833. The van der Waals surface area contributed by atoms with E-state index in [1.165, 1.54) is 0 Å². The van der Waals surface area contributed by atoms with Crippen molar-refractivity contribution in [3.63, 3.8) is 0 Å². The van der Waals surface area contributed by atoms with Gasteiger partial charge < -0.3 is 10.4 Å². The molecule has 0 spiro atoms. The zero-order chi connectivity index (χ0) is 13.4. The van der Waals surface area contributed by atoms with Gasteiger partial charge in [0.1, 0.15) is 6.54 Å². The van der Waals surface area contributed by atoms with Crippen LogP contribution in [0.4, 0.5) is 0 Å². The highest BCUT2D eigenvalue weighted by molar-refractivity contribution is 5.82. The lowest BCUT2D eigenvalue weighted by atomic mass is 10.1. The van der Waals surface area contributed by atoms with Crippen LogP contribution in [-0.4, -0.2) is 48.1 Å². The van der Waals surface area contributed by atoms with Crippen molar-refractivity contribution in [1.82, 2.24) is 10.2 Å². The molecule has 0 aliphatic rings. The number of carbonyl (C=O) groups is 2. The smallest absolute Gasteiger partial charge is 0.322 e. The first kappa shape index (κ1) is 15.9. The first-order chi connectivity index (χ1) is 7.81. The zero-order valence-electron chi connectivity index (χ0n) is 11.2. The van der Waals surface area contributed by atoms with E-state index in [0.29, 0.717) is 11.8 Å². The Morgan fingerprint density at radius 2 is 1.59 bits per heavy atom. The Hall–Kier alpha value is -1.10. The lowest BCUT2D eigenvalue weighted by Gasteiger charge is -2.25. The number of amides is 1. The standard InChI is InChI=1S/C12H24N2O3/c1-9(2)6-14(7-10(3)4)8-11(15)13-5-12(16)17/h9-10H,5-8H2,1-4H3,(H,13,15)(H,16,17). The number of nitrogens with zero attached hydrogens (tertiary/aromatic N) is 1. The minimum atomic E-state index is -1.02. The molecular formula is C12H24N2O3. The van der Waals surface area contributed by atoms with Crippen LogP contribution in [-0.2, 0) is 9.59 Å². The third-order valence-corrected chi connectivity index (χ3v) is 2.05. The van der Waals surface area contributed by atoms with E-state index in [1.54, 1.807) is 0 Å². The summed E-state index contributed by atoms with van der Waals surface area (Å²) < 4.78 is 0. The lowest BCUT2D eigenvalue weighted by molar-refractivity contribution is -0.138. The molecule has 100 valence electrons. The van der Waals surface area contributed by atoms with E-state index in [-0.39, 0.29) is 19.0 Å². The van der Waals surface area contributed by atoms with Gasteiger partial charge in [-0.3, -0.25) is 14.5 Å². The molecule has 0 atom stereocenters. The van der Waals surface area contributed by atoms with Gasteiger partial charge in [-0.2, -0.15) is 0 Å². The first-order valence-corrected chi connectivity index (χ1v) is 6.02. The fourth-order valence-electron chi connectivity index (χ4n) is 1.67. The number of carbonyl (C=O) groups excluding carboxylic acids is 1. The highest BCUT2D eigenvalue weighted by Gasteiger charge is 2.13. The second-order valence-corrected chi connectivity index (χ2v) is 5.15. The molecule has 0 saturated carbocycles. The molecule has 2 N–H and O–H groups in total. The van der Waals surface area contributed by atoms with Gasteiger partial charge >= 0.3 is 5.97 Å². The van der Waals surface area contributed by atoms with E-state index in [9.17, 15) is 9.59 Å². The van der Waals surface area contributed by atoms with Crippen LogP contribution in [0.15, 0.2) is 0 Å². The second-order valence-electron chi connectivity index (χ2n) is 5.15. The third-order valence-electron chi connectivity index (χ3n) is 2.05. The maximum absolute atomic E-state index is 11.5. The number of carboxylic acid groups (broad SMARTS) is 1. The molecule has 0 unspecified atom stereocenters. The predicted molar refractivity (Wildman–Crippen MR) is 66.8 cm³/mol. The number of nitrogens with one attached hydrogen (secondary N) is 1. The topological polar surface area (TPSA) is 69.6 Å². The summed E-state index contributed by atoms with van der Waals surface area (Å²) in [7, 11) is 0. The Kier molecular flexibility index (Phi) is 7.54. The van der Waals surface area contributed by atoms with E-state index in [1.807, 2.05) is 0 Å². The van der Waals surface area contributed by atoms with Gasteiger partial charge in [-0.25, -0.2) is 0 Å². The highest BCUT2D eigenvalue weighted by atomic mass is 16.4. The van der Waals surface area contributed by atoms with Crippen LogP contribution < -0.4 is 5.32 Å². The molecule has 0 aliphatic heterocycles. The van der Waals surface area contributed by atoms with E-state index < -0.39 is 5.97 Å². The number of rotatable bonds is 8. The van der Waals surface area contributed by atoms with Gasteiger partial charge in [0.2, 0.25) is 5.91 Å². The third kappa shape index (κ3) is 9.81. The molecule has 17 heavy (non-hydrogen) atoms. The zero-order valence-corrected chi connectivity index (χ0v) is 11.2. The molecule has 0 fully saturated rings. The Morgan fingerprint density at radius 3 is 1.94 bits per heavy atom. The van der Waals surface area contributed by atoms with Gasteiger partial charge in [-0.1, -0.05) is 27.7 Å². The highest BCUT2D eigenvalue weighted by Crippen LogP contribution is 2.03. The van der Waals surface area contributed by atoms with Gasteiger partial charge in [0.25, 0.3) is 0 Å². The molecule has 0 saturated heterocycles.